The molecule has 2 nitrogen and oxygen atoms in total. The lowest BCUT2D eigenvalue weighted by Crippen LogP contribution is -2.13. The molecule has 1 atom stereocenters. The minimum atomic E-state index is -0.171. The lowest BCUT2D eigenvalue weighted by molar-refractivity contribution is -0.144. The van der Waals surface area contributed by atoms with Crippen molar-refractivity contribution in [3.8, 4) is 0 Å². The smallest absolute Gasteiger partial charge is 0.303 e. The van der Waals surface area contributed by atoms with Crippen molar-refractivity contribution in [1.29, 1.82) is 0 Å². The van der Waals surface area contributed by atoms with E-state index >= 15 is 0 Å². The average Bonchev–Trinajstić information content (AvgIpc) is 2.41. The van der Waals surface area contributed by atoms with E-state index in [1.54, 1.807) is 0 Å². The topological polar surface area (TPSA) is 26.3 Å². The summed E-state index contributed by atoms with van der Waals surface area (Å²) in [5, 5.41) is 0. The summed E-state index contributed by atoms with van der Waals surface area (Å²) in [6, 6.07) is 0. The monoisotopic (exact) mass is 282 g/mol. The van der Waals surface area contributed by atoms with Gasteiger partial charge in [0.15, 0.2) is 0 Å². The summed E-state index contributed by atoms with van der Waals surface area (Å²) in [4.78, 5) is 11.1. The third-order valence-corrected chi connectivity index (χ3v) is 3.48. The van der Waals surface area contributed by atoms with Crippen LogP contribution in [0.5, 0.6) is 0 Å². The molecule has 0 radical (unpaired) electrons. The number of unbranched alkanes of at least 4 members (excludes halogenated alkanes) is 8. The van der Waals surface area contributed by atoms with Crippen molar-refractivity contribution < 1.29 is 9.53 Å². The van der Waals surface area contributed by atoms with Gasteiger partial charge in [-0.3, -0.25) is 4.79 Å². The van der Waals surface area contributed by atoms with E-state index in [0.717, 1.165) is 19.3 Å². The molecule has 0 saturated heterocycles. The maximum Gasteiger partial charge on any atom is 0.303 e. The quantitative estimate of drug-likeness (QED) is 0.242. The number of hydrogen-bond donors (Lipinski definition) is 0. The molecule has 0 N–H and O–H groups in total. The van der Waals surface area contributed by atoms with Crippen molar-refractivity contribution in [3.05, 3.63) is 12.2 Å². The first-order chi connectivity index (χ1) is 9.70. The van der Waals surface area contributed by atoms with E-state index in [1.807, 2.05) is 0 Å². The Morgan fingerprint density at radius 1 is 0.950 bits per heavy atom. The van der Waals surface area contributed by atoms with E-state index in [9.17, 15) is 4.79 Å². The zero-order chi connectivity index (χ0) is 15.1. The van der Waals surface area contributed by atoms with Gasteiger partial charge in [-0.05, 0) is 31.8 Å². The van der Waals surface area contributed by atoms with Crippen LogP contribution in [0, 0.1) is 0 Å². The molecule has 0 aromatic heterocycles. The summed E-state index contributed by atoms with van der Waals surface area (Å²) in [5.74, 6) is -0.171. The number of carbonyl (C=O) groups excluding carboxylic acids is 1. The first kappa shape index (κ1) is 19.2. The van der Waals surface area contributed by atoms with Gasteiger partial charge < -0.3 is 4.74 Å². The van der Waals surface area contributed by atoms with Crippen molar-refractivity contribution >= 4 is 5.97 Å². The van der Waals surface area contributed by atoms with Crippen LogP contribution in [0.25, 0.3) is 0 Å². The van der Waals surface area contributed by atoms with Gasteiger partial charge in [0.25, 0.3) is 0 Å². The Balaban J connectivity index is 3.73. The third kappa shape index (κ3) is 13.6. The molecule has 0 aromatic rings. The second-order valence-corrected chi connectivity index (χ2v) is 5.63. The molecule has 0 amide bonds. The van der Waals surface area contributed by atoms with Gasteiger partial charge in [-0.1, -0.05) is 64.9 Å². The maximum absolute atomic E-state index is 11.1. The minimum absolute atomic E-state index is 0.0147. The van der Waals surface area contributed by atoms with Gasteiger partial charge in [-0.25, -0.2) is 0 Å². The summed E-state index contributed by atoms with van der Waals surface area (Å²) < 4.78 is 5.33. The molecule has 0 bridgehead atoms. The lowest BCUT2D eigenvalue weighted by atomic mass is 10.1. The van der Waals surface area contributed by atoms with E-state index in [2.05, 4.69) is 26.0 Å². The summed E-state index contributed by atoms with van der Waals surface area (Å²) in [5.41, 5.74) is 0. The van der Waals surface area contributed by atoms with Crippen LogP contribution in [0.3, 0.4) is 0 Å². The molecule has 0 aliphatic carbocycles. The number of rotatable bonds is 13. The molecule has 2 heteroatoms. The third-order valence-electron chi connectivity index (χ3n) is 3.48. The van der Waals surface area contributed by atoms with E-state index in [1.165, 1.54) is 58.3 Å². The van der Waals surface area contributed by atoms with Gasteiger partial charge in [-0.2, -0.15) is 0 Å². The highest BCUT2D eigenvalue weighted by atomic mass is 16.5. The second kappa shape index (κ2) is 14.6. The average molecular weight is 282 g/mol. The summed E-state index contributed by atoms with van der Waals surface area (Å²) in [6.45, 7) is 5.93. The molecule has 0 spiro atoms. The van der Waals surface area contributed by atoms with Crippen molar-refractivity contribution in [3.63, 3.8) is 0 Å². The van der Waals surface area contributed by atoms with Crippen LogP contribution in [-0.4, -0.2) is 12.1 Å². The van der Waals surface area contributed by atoms with Crippen LogP contribution in [0.2, 0.25) is 0 Å². The van der Waals surface area contributed by atoms with Gasteiger partial charge in [0.1, 0.15) is 6.10 Å². The van der Waals surface area contributed by atoms with Crippen molar-refractivity contribution in [1.82, 2.24) is 0 Å². The van der Waals surface area contributed by atoms with Crippen LogP contribution in [0.1, 0.15) is 91.4 Å². The predicted octanol–water partition coefficient (Wildman–Crippen LogP) is 5.81. The highest BCUT2D eigenvalue weighted by Gasteiger charge is 2.07. The molecule has 0 aliphatic rings. The zero-order valence-corrected chi connectivity index (χ0v) is 13.8. The fourth-order valence-electron chi connectivity index (χ4n) is 2.29. The molecule has 118 valence electrons. The van der Waals surface area contributed by atoms with Crippen LogP contribution in [0.15, 0.2) is 12.2 Å². The van der Waals surface area contributed by atoms with E-state index in [-0.39, 0.29) is 12.1 Å². The Hall–Kier alpha value is -0.790. The van der Waals surface area contributed by atoms with Crippen LogP contribution >= 0.6 is 0 Å². The predicted molar refractivity (Wildman–Crippen MR) is 86.8 cm³/mol. The highest BCUT2D eigenvalue weighted by Crippen LogP contribution is 2.11. The molecule has 1 unspecified atom stereocenters. The lowest BCUT2D eigenvalue weighted by Gasteiger charge is -2.12. The van der Waals surface area contributed by atoms with E-state index < -0.39 is 0 Å². The second-order valence-electron chi connectivity index (χ2n) is 5.63. The summed E-state index contributed by atoms with van der Waals surface area (Å²) in [6.07, 6.45) is 17.8. The van der Waals surface area contributed by atoms with Crippen molar-refractivity contribution in [2.75, 3.05) is 0 Å². The Morgan fingerprint density at radius 3 is 2.20 bits per heavy atom. The van der Waals surface area contributed by atoms with E-state index in [0.29, 0.717) is 0 Å². The fraction of sp³-hybridized carbons (Fsp3) is 0.833. The SMILES string of the molecule is CCCCCCCC/C=C\C(CCCCC)OC(C)=O. The molecule has 0 saturated carbocycles. The Labute approximate surface area is 126 Å². The van der Waals surface area contributed by atoms with Gasteiger partial charge in [-0.15, -0.1) is 0 Å². The largest absolute Gasteiger partial charge is 0.458 e. The van der Waals surface area contributed by atoms with E-state index in [4.69, 9.17) is 4.74 Å². The van der Waals surface area contributed by atoms with Gasteiger partial charge in [0.05, 0.1) is 0 Å². The molecule has 0 aliphatic heterocycles. The normalized spacial score (nSPS) is 12.8. The highest BCUT2D eigenvalue weighted by molar-refractivity contribution is 5.66. The molecule has 20 heavy (non-hydrogen) atoms. The molecular formula is C18H34O2. The fourth-order valence-corrected chi connectivity index (χ4v) is 2.29. The number of carbonyl (C=O) groups is 1. The molecule has 0 fully saturated rings. The molecule has 0 aromatic carbocycles. The van der Waals surface area contributed by atoms with Crippen LogP contribution in [-0.2, 0) is 9.53 Å². The molecule has 0 heterocycles. The van der Waals surface area contributed by atoms with Crippen LogP contribution in [0.4, 0.5) is 0 Å². The number of hydrogen-bond acceptors (Lipinski definition) is 2. The Kier molecular flexibility index (Phi) is 14.0. The Bertz CT molecular complexity index is 246. The number of esters is 1. The maximum atomic E-state index is 11.1. The molecule has 0 rings (SSSR count). The zero-order valence-electron chi connectivity index (χ0n) is 13.8. The standard InChI is InChI=1S/C18H34O2/c1-4-6-8-9-10-11-12-14-16-18(20-17(3)19)15-13-7-5-2/h14,16,18H,4-13,15H2,1-3H3/b16-14-. The summed E-state index contributed by atoms with van der Waals surface area (Å²) in [7, 11) is 0. The summed E-state index contributed by atoms with van der Waals surface area (Å²) >= 11 is 0. The van der Waals surface area contributed by atoms with Gasteiger partial charge >= 0.3 is 5.97 Å². The van der Waals surface area contributed by atoms with Gasteiger partial charge in [0, 0.05) is 6.92 Å². The Morgan fingerprint density at radius 2 is 1.55 bits per heavy atom. The minimum Gasteiger partial charge on any atom is -0.458 e. The van der Waals surface area contributed by atoms with Gasteiger partial charge in [0.2, 0.25) is 0 Å². The molecular weight excluding hydrogens is 248 g/mol. The number of ether oxygens (including phenoxy) is 1. The van der Waals surface area contributed by atoms with Crippen LogP contribution < -0.4 is 0 Å². The first-order valence-corrected chi connectivity index (χ1v) is 8.54. The first-order valence-electron chi connectivity index (χ1n) is 8.54. The van der Waals surface area contributed by atoms with Crippen molar-refractivity contribution in [2.45, 2.75) is 97.5 Å². The van der Waals surface area contributed by atoms with Crippen molar-refractivity contribution in [2.24, 2.45) is 0 Å². The number of allylic oxidation sites excluding steroid dienone is 1.